The Morgan fingerprint density at radius 2 is 2.00 bits per heavy atom. The quantitative estimate of drug-likeness (QED) is 0.849. The van der Waals surface area contributed by atoms with Crippen LogP contribution in [0.15, 0.2) is 33.8 Å². The Morgan fingerprint density at radius 1 is 1.29 bits per heavy atom. The molecule has 2 rings (SSSR count). The third kappa shape index (κ3) is 3.52. The smallest absolute Gasteiger partial charge is 0.155 e. The lowest BCUT2D eigenvalue weighted by Gasteiger charge is -2.06. The second kappa shape index (κ2) is 5.62. The van der Waals surface area contributed by atoms with E-state index >= 15 is 0 Å². The Kier molecular flexibility index (Phi) is 4.15. The lowest BCUT2D eigenvalue weighted by molar-refractivity contribution is 0.405. The van der Waals surface area contributed by atoms with E-state index in [0.717, 1.165) is 16.6 Å². The highest BCUT2D eigenvalue weighted by Gasteiger charge is 2.09. The molecule has 0 aliphatic carbocycles. The van der Waals surface area contributed by atoms with Gasteiger partial charge in [-0.15, -0.1) is 11.3 Å². The molecule has 0 fully saturated rings. The lowest BCUT2D eigenvalue weighted by Crippen LogP contribution is -2.10. The summed E-state index contributed by atoms with van der Waals surface area (Å²) in [6, 6.07) is 4.01. The van der Waals surface area contributed by atoms with Crippen molar-refractivity contribution in [1.82, 2.24) is 14.9 Å². The molecule has 0 saturated carbocycles. The number of aromatic nitrogens is 2. The van der Waals surface area contributed by atoms with Gasteiger partial charge in [-0.3, -0.25) is 4.98 Å². The van der Waals surface area contributed by atoms with E-state index in [-0.39, 0.29) is 0 Å². The van der Waals surface area contributed by atoms with E-state index in [1.807, 2.05) is 24.5 Å². The monoisotopic (exact) mass is 265 g/mol. The summed E-state index contributed by atoms with van der Waals surface area (Å²) in [4.78, 5) is 13.3. The molecule has 0 saturated heterocycles. The first kappa shape index (κ1) is 12.5. The van der Waals surface area contributed by atoms with Crippen LogP contribution in [0.3, 0.4) is 0 Å². The van der Waals surface area contributed by atoms with Gasteiger partial charge in [-0.1, -0.05) is 11.8 Å². The van der Waals surface area contributed by atoms with E-state index in [1.54, 1.807) is 23.1 Å². The van der Waals surface area contributed by atoms with Crippen LogP contribution in [0.1, 0.15) is 10.6 Å². The van der Waals surface area contributed by atoms with Crippen LogP contribution in [0.5, 0.6) is 0 Å². The van der Waals surface area contributed by atoms with Crippen molar-refractivity contribution in [2.45, 2.75) is 22.7 Å². The Morgan fingerprint density at radius 3 is 2.65 bits per heavy atom. The maximum Gasteiger partial charge on any atom is 0.155 e. The molecule has 0 spiro atoms. The van der Waals surface area contributed by atoms with Crippen LogP contribution in [-0.4, -0.2) is 29.0 Å². The molecule has 2 heterocycles. The summed E-state index contributed by atoms with van der Waals surface area (Å²) in [6.45, 7) is 3.03. The van der Waals surface area contributed by atoms with Gasteiger partial charge >= 0.3 is 0 Å². The molecule has 0 N–H and O–H groups in total. The molecule has 3 nitrogen and oxygen atoms in total. The van der Waals surface area contributed by atoms with Gasteiger partial charge in [0.1, 0.15) is 0 Å². The van der Waals surface area contributed by atoms with Crippen molar-refractivity contribution in [3.63, 3.8) is 0 Å². The Bertz CT molecular complexity index is 480. The van der Waals surface area contributed by atoms with E-state index in [0.29, 0.717) is 0 Å². The summed E-state index contributed by atoms with van der Waals surface area (Å²) in [7, 11) is 4.16. The molecular formula is C12H15N3S2. The van der Waals surface area contributed by atoms with Gasteiger partial charge in [0.05, 0.1) is 5.69 Å². The topological polar surface area (TPSA) is 29.0 Å². The average Bonchev–Trinajstić information content (AvgIpc) is 2.59. The summed E-state index contributed by atoms with van der Waals surface area (Å²) in [5.74, 6) is 0. The SMILES string of the molecule is Cc1nc(Sc2ccncc2)sc1CN(C)C. The van der Waals surface area contributed by atoms with Crippen molar-refractivity contribution in [3.05, 3.63) is 35.1 Å². The average molecular weight is 265 g/mol. The number of hydrogen-bond donors (Lipinski definition) is 0. The molecule has 90 valence electrons. The summed E-state index contributed by atoms with van der Waals surface area (Å²) in [5, 5.41) is 0. The van der Waals surface area contributed by atoms with Gasteiger partial charge in [-0.05, 0) is 33.2 Å². The first-order valence-electron chi connectivity index (χ1n) is 5.34. The van der Waals surface area contributed by atoms with Crippen LogP contribution in [0, 0.1) is 6.92 Å². The first-order chi connectivity index (χ1) is 8.15. The number of pyridine rings is 1. The van der Waals surface area contributed by atoms with Gasteiger partial charge in [-0.2, -0.15) is 0 Å². The van der Waals surface area contributed by atoms with Crippen molar-refractivity contribution in [1.29, 1.82) is 0 Å². The lowest BCUT2D eigenvalue weighted by atomic mass is 10.4. The van der Waals surface area contributed by atoms with E-state index < -0.39 is 0 Å². The predicted molar refractivity (Wildman–Crippen MR) is 72.6 cm³/mol. The zero-order chi connectivity index (χ0) is 12.3. The number of aryl methyl sites for hydroxylation is 1. The van der Waals surface area contributed by atoms with Gasteiger partial charge in [0.2, 0.25) is 0 Å². The zero-order valence-electron chi connectivity index (χ0n) is 10.2. The van der Waals surface area contributed by atoms with Crippen LogP contribution in [-0.2, 0) is 6.54 Å². The predicted octanol–water partition coefficient (Wildman–Crippen LogP) is 3.06. The van der Waals surface area contributed by atoms with Crippen molar-refractivity contribution in [2.24, 2.45) is 0 Å². The molecule has 0 atom stereocenters. The van der Waals surface area contributed by atoms with Crippen LogP contribution in [0.25, 0.3) is 0 Å². The van der Waals surface area contributed by atoms with E-state index in [9.17, 15) is 0 Å². The van der Waals surface area contributed by atoms with Crippen molar-refractivity contribution in [3.8, 4) is 0 Å². The van der Waals surface area contributed by atoms with Crippen molar-refractivity contribution < 1.29 is 0 Å². The maximum atomic E-state index is 4.59. The standard InChI is InChI=1S/C12H15N3S2/c1-9-11(8-15(2)3)17-12(14-9)16-10-4-6-13-7-5-10/h4-7H,8H2,1-3H3. The highest BCUT2D eigenvalue weighted by atomic mass is 32.2. The van der Waals surface area contributed by atoms with Crippen LogP contribution >= 0.6 is 23.1 Å². The fourth-order valence-electron chi connectivity index (χ4n) is 1.39. The molecule has 2 aromatic heterocycles. The molecule has 0 aromatic carbocycles. The van der Waals surface area contributed by atoms with Gasteiger partial charge in [0.15, 0.2) is 4.34 Å². The normalized spacial score (nSPS) is 11.1. The van der Waals surface area contributed by atoms with Gasteiger partial charge in [0, 0.05) is 28.7 Å². The van der Waals surface area contributed by atoms with E-state index in [2.05, 4.69) is 35.9 Å². The summed E-state index contributed by atoms with van der Waals surface area (Å²) in [5.41, 5.74) is 1.14. The fraction of sp³-hybridized carbons (Fsp3) is 0.333. The van der Waals surface area contributed by atoms with Crippen LogP contribution in [0.2, 0.25) is 0 Å². The zero-order valence-corrected chi connectivity index (χ0v) is 11.8. The minimum atomic E-state index is 0.959. The molecule has 0 aliphatic rings. The highest BCUT2D eigenvalue weighted by Crippen LogP contribution is 2.32. The second-order valence-corrected chi connectivity index (χ2v) is 6.42. The van der Waals surface area contributed by atoms with Crippen molar-refractivity contribution >= 4 is 23.1 Å². The number of nitrogens with zero attached hydrogens (tertiary/aromatic N) is 3. The van der Waals surface area contributed by atoms with E-state index in [4.69, 9.17) is 0 Å². The minimum Gasteiger partial charge on any atom is -0.304 e. The molecule has 0 bridgehead atoms. The third-order valence-electron chi connectivity index (χ3n) is 2.19. The van der Waals surface area contributed by atoms with Gasteiger partial charge in [0.25, 0.3) is 0 Å². The molecule has 0 radical (unpaired) electrons. The summed E-state index contributed by atoms with van der Waals surface area (Å²) >= 11 is 3.47. The molecule has 0 unspecified atom stereocenters. The largest absolute Gasteiger partial charge is 0.304 e. The molecule has 5 heteroatoms. The van der Waals surface area contributed by atoms with Crippen LogP contribution in [0.4, 0.5) is 0 Å². The molecule has 17 heavy (non-hydrogen) atoms. The minimum absolute atomic E-state index is 0.959. The fourth-order valence-corrected chi connectivity index (χ4v) is 3.69. The van der Waals surface area contributed by atoms with E-state index in [1.165, 1.54) is 9.77 Å². The van der Waals surface area contributed by atoms with Crippen molar-refractivity contribution in [2.75, 3.05) is 14.1 Å². The summed E-state index contributed by atoms with van der Waals surface area (Å²) in [6.07, 6.45) is 3.62. The van der Waals surface area contributed by atoms with Crippen LogP contribution < -0.4 is 0 Å². The first-order valence-corrected chi connectivity index (χ1v) is 6.97. The maximum absolute atomic E-state index is 4.59. The number of hydrogen-bond acceptors (Lipinski definition) is 5. The Hall–Kier alpha value is -0.910. The Balaban J connectivity index is 2.12. The highest BCUT2D eigenvalue weighted by molar-refractivity contribution is 8.01. The molecule has 2 aromatic rings. The number of thiazole rings is 1. The second-order valence-electron chi connectivity index (χ2n) is 4.01. The third-order valence-corrected chi connectivity index (χ3v) is 4.40. The Labute approximate surface area is 110 Å². The molecular weight excluding hydrogens is 250 g/mol. The summed E-state index contributed by atoms with van der Waals surface area (Å²) < 4.78 is 1.10. The van der Waals surface area contributed by atoms with Gasteiger partial charge < -0.3 is 4.90 Å². The molecule has 0 amide bonds. The van der Waals surface area contributed by atoms with Gasteiger partial charge in [-0.25, -0.2) is 4.98 Å². The number of rotatable bonds is 4. The molecule has 0 aliphatic heterocycles.